The van der Waals surface area contributed by atoms with Crippen molar-refractivity contribution in [1.82, 2.24) is 0 Å². The molecule has 2 saturated heterocycles. The van der Waals surface area contributed by atoms with Gasteiger partial charge in [-0.1, -0.05) is 12.1 Å². The molecule has 0 unspecified atom stereocenters. The molecule has 2 fully saturated rings. The Morgan fingerprint density at radius 3 is 2.00 bits per heavy atom. The SMILES string of the molecule is O=[N+]([O-])c1ccccc1O[C@H]1O[C@H](CO)[C@@H](O)[C@H](O)[C@@H]1O[C@H]1O[C@H](CO)[C@H](O)[C@H](O)[C@H]1O. The second kappa shape index (κ2) is 10.3. The second-order valence-corrected chi connectivity index (χ2v) is 7.35. The van der Waals surface area contributed by atoms with Crippen LogP contribution in [0.1, 0.15) is 0 Å². The minimum absolute atomic E-state index is 0.273. The van der Waals surface area contributed by atoms with Crippen LogP contribution in [0.15, 0.2) is 24.3 Å². The van der Waals surface area contributed by atoms with E-state index in [9.17, 15) is 45.9 Å². The number of aliphatic hydroxyl groups excluding tert-OH is 7. The number of nitro benzene ring substituents is 1. The molecule has 2 heterocycles. The molecular formula is C18H25NO13. The number of hydrogen-bond donors (Lipinski definition) is 7. The number of rotatable bonds is 7. The van der Waals surface area contributed by atoms with Gasteiger partial charge in [-0.25, -0.2) is 0 Å². The van der Waals surface area contributed by atoms with E-state index in [2.05, 4.69) is 0 Å². The third-order valence-electron chi connectivity index (χ3n) is 5.27. The van der Waals surface area contributed by atoms with Crippen molar-refractivity contribution in [3.8, 4) is 5.75 Å². The summed E-state index contributed by atoms with van der Waals surface area (Å²) in [7, 11) is 0. The van der Waals surface area contributed by atoms with E-state index in [4.69, 9.17) is 18.9 Å². The average Bonchev–Trinajstić information content (AvgIpc) is 2.78. The van der Waals surface area contributed by atoms with E-state index in [0.29, 0.717) is 0 Å². The minimum atomic E-state index is -1.83. The summed E-state index contributed by atoms with van der Waals surface area (Å²) < 4.78 is 21.7. The van der Waals surface area contributed by atoms with Gasteiger partial charge in [-0.05, 0) is 6.07 Å². The first kappa shape index (κ1) is 24.7. The predicted molar refractivity (Wildman–Crippen MR) is 100 cm³/mol. The maximum atomic E-state index is 11.3. The summed E-state index contributed by atoms with van der Waals surface area (Å²) in [5, 5.41) is 80.8. The number of nitro groups is 1. The van der Waals surface area contributed by atoms with Crippen LogP contribution in [0.4, 0.5) is 5.69 Å². The van der Waals surface area contributed by atoms with Crippen LogP contribution in [0.5, 0.6) is 5.75 Å². The third-order valence-corrected chi connectivity index (χ3v) is 5.27. The van der Waals surface area contributed by atoms with Crippen LogP contribution >= 0.6 is 0 Å². The lowest BCUT2D eigenvalue weighted by Gasteiger charge is -2.45. The average molecular weight is 463 g/mol. The number of ether oxygens (including phenoxy) is 4. The normalized spacial score (nSPS) is 40.1. The van der Waals surface area contributed by atoms with E-state index in [1.165, 1.54) is 18.2 Å². The molecule has 32 heavy (non-hydrogen) atoms. The summed E-state index contributed by atoms with van der Waals surface area (Å²) in [4.78, 5) is 10.6. The Bertz CT molecular complexity index is 779. The van der Waals surface area contributed by atoms with E-state index in [0.717, 1.165) is 6.07 Å². The Morgan fingerprint density at radius 1 is 0.844 bits per heavy atom. The van der Waals surface area contributed by atoms with Crippen LogP contribution in [-0.2, 0) is 14.2 Å². The molecule has 0 bridgehead atoms. The Balaban J connectivity index is 1.87. The Labute approximate surface area is 180 Å². The second-order valence-electron chi connectivity index (χ2n) is 7.35. The van der Waals surface area contributed by atoms with E-state index in [1.807, 2.05) is 0 Å². The number of nitrogens with zero attached hydrogens (tertiary/aromatic N) is 1. The van der Waals surface area contributed by atoms with Gasteiger partial charge in [0.05, 0.1) is 18.1 Å². The van der Waals surface area contributed by atoms with E-state index in [-0.39, 0.29) is 5.75 Å². The molecule has 0 aliphatic carbocycles. The van der Waals surface area contributed by atoms with Crippen molar-refractivity contribution in [2.75, 3.05) is 13.2 Å². The molecule has 7 N–H and O–H groups in total. The Kier molecular flexibility index (Phi) is 7.94. The van der Waals surface area contributed by atoms with Gasteiger partial charge in [0, 0.05) is 6.07 Å². The number of benzene rings is 1. The van der Waals surface area contributed by atoms with Gasteiger partial charge in [-0.3, -0.25) is 10.1 Å². The van der Waals surface area contributed by atoms with Gasteiger partial charge < -0.3 is 54.7 Å². The zero-order valence-corrected chi connectivity index (χ0v) is 16.5. The van der Waals surface area contributed by atoms with Crippen molar-refractivity contribution >= 4 is 5.69 Å². The van der Waals surface area contributed by atoms with Gasteiger partial charge in [0.25, 0.3) is 0 Å². The topological polar surface area (TPSA) is 222 Å². The van der Waals surface area contributed by atoms with Gasteiger partial charge in [-0.2, -0.15) is 0 Å². The molecule has 10 atom stereocenters. The first-order valence-electron chi connectivity index (χ1n) is 9.68. The minimum Gasteiger partial charge on any atom is -0.455 e. The number of hydrogen-bond acceptors (Lipinski definition) is 13. The van der Waals surface area contributed by atoms with Crippen LogP contribution < -0.4 is 4.74 Å². The van der Waals surface area contributed by atoms with Gasteiger partial charge in [0.1, 0.15) is 42.7 Å². The summed E-state index contributed by atoms with van der Waals surface area (Å²) in [5.74, 6) is -0.273. The molecule has 2 aliphatic heterocycles. The highest BCUT2D eigenvalue weighted by Gasteiger charge is 2.51. The molecule has 0 saturated carbocycles. The first-order chi connectivity index (χ1) is 15.2. The van der Waals surface area contributed by atoms with Gasteiger partial charge in [-0.15, -0.1) is 0 Å². The standard InChI is InChI=1S/C18H25NO13/c20-5-9-11(22)13(24)15(26)17(30-9)32-16-14(25)12(23)10(6-21)31-18(16)29-8-4-2-1-3-7(8)19(27)28/h1-4,9-18,20-26H,5-6H2/t9-,10-,11+,12-,13+,14+,15-,16+,17-,18+/m1/s1. The zero-order chi connectivity index (χ0) is 23.6. The van der Waals surface area contributed by atoms with E-state index >= 15 is 0 Å². The molecule has 0 radical (unpaired) electrons. The first-order valence-corrected chi connectivity index (χ1v) is 9.68. The van der Waals surface area contributed by atoms with Crippen LogP contribution in [0, 0.1) is 10.1 Å². The fraction of sp³-hybridized carbons (Fsp3) is 0.667. The number of aliphatic hydroxyl groups is 7. The third kappa shape index (κ3) is 4.84. The van der Waals surface area contributed by atoms with Crippen molar-refractivity contribution < 1.29 is 59.6 Å². The summed E-state index contributed by atoms with van der Waals surface area (Å²) in [6, 6.07) is 5.23. The van der Waals surface area contributed by atoms with Crippen LogP contribution in [0.25, 0.3) is 0 Å². The summed E-state index contributed by atoms with van der Waals surface area (Å²) in [5.41, 5.74) is -0.441. The van der Waals surface area contributed by atoms with Crippen LogP contribution in [0.2, 0.25) is 0 Å². The molecule has 3 rings (SSSR count). The van der Waals surface area contributed by atoms with Crippen molar-refractivity contribution in [3.05, 3.63) is 34.4 Å². The summed E-state index contributed by atoms with van der Waals surface area (Å²) >= 11 is 0. The largest absolute Gasteiger partial charge is 0.455 e. The molecule has 0 spiro atoms. The quantitative estimate of drug-likeness (QED) is 0.155. The van der Waals surface area contributed by atoms with E-state index in [1.54, 1.807) is 0 Å². The van der Waals surface area contributed by atoms with E-state index < -0.39 is 85.2 Å². The highest BCUT2D eigenvalue weighted by molar-refractivity contribution is 5.45. The van der Waals surface area contributed by atoms with Crippen LogP contribution in [-0.4, -0.2) is 115 Å². The lowest BCUT2D eigenvalue weighted by atomic mass is 9.97. The Hall–Kier alpha value is -1.98. The highest BCUT2D eigenvalue weighted by atomic mass is 16.8. The Morgan fingerprint density at radius 2 is 1.41 bits per heavy atom. The predicted octanol–water partition coefficient (Wildman–Crippen LogP) is -3.40. The lowest BCUT2D eigenvalue weighted by molar-refractivity contribution is -0.388. The summed E-state index contributed by atoms with van der Waals surface area (Å²) in [6.07, 6.45) is -16.4. The lowest BCUT2D eigenvalue weighted by Crippen LogP contribution is -2.65. The molecule has 180 valence electrons. The molecule has 1 aromatic rings. The van der Waals surface area contributed by atoms with Crippen molar-refractivity contribution in [1.29, 1.82) is 0 Å². The maximum absolute atomic E-state index is 11.3. The molecule has 2 aliphatic rings. The van der Waals surface area contributed by atoms with Gasteiger partial charge in [0.2, 0.25) is 6.29 Å². The van der Waals surface area contributed by atoms with Crippen molar-refractivity contribution in [2.24, 2.45) is 0 Å². The van der Waals surface area contributed by atoms with Gasteiger partial charge in [0.15, 0.2) is 18.1 Å². The monoisotopic (exact) mass is 463 g/mol. The van der Waals surface area contributed by atoms with Crippen molar-refractivity contribution in [2.45, 2.75) is 61.4 Å². The zero-order valence-electron chi connectivity index (χ0n) is 16.5. The molecule has 14 nitrogen and oxygen atoms in total. The van der Waals surface area contributed by atoms with Crippen molar-refractivity contribution in [3.63, 3.8) is 0 Å². The van der Waals surface area contributed by atoms with Gasteiger partial charge >= 0.3 is 5.69 Å². The highest BCUT2D eigenvalue weighted by Crippen LogP contribution is 2.33. The molecule has 0 amide bonds. The smallest absolute Gasteiger partial charge is 0.311 e. The molecule has 14 heteroatoms. The number of para-hydroxylation sites is 2. The molecule has 0 aromatic heterocycles. The molecular weight excluding hydrogens is 438 g/mol. The fourth-order valence-corrected chi connectivity index (χ4v) is 3.46. The maximum Gasteiger partial charge on any atom is 0.311 e. The molecule has 1 aromatic carbocycles. The fourth-order valence-electron chi connectivity index (χ4n) is 3.46. The van der Waals surface area contributed by atoms with Crippen LogP contribution in [0.3, 0.4) is 0 Å². The summed E-state index contributed by atoms with van der Waals surface area (Å²) in [6.45, 7) is -1.47.